The number of para-hydroxylation sites is 1. The molecule has 15 heavy (non-hydrogen) atoms. The van der Waals surface area contributed by atoms with Crippen molar-refractivity contribution in [3.8, 4) is 0 Å². The molecule has 2 aromatic rings. The van der Waals surface area contributed by atoms with Gasteiger partial charge in [0.15, 0.2) is 0 Å². The lowest BCUT2D eigenvalue weighted by atomic mass is 10.1. The number of aromatic amines is 1. The SMILES string of the molecule is O=C1Cc2c([nH]c3ccccc23)C(=O)O1. The molecule has 0 bridgehead atoms. The van der Waals surface area contributed by atoms with Crippen LogP contribution >= 0.6 is 0 Å². The number of esters is 2. The second-order valence-corrected chi connectivity index (χ2v) is 3.46. The topological polar surface area (TPSA) is 59.2 Å². The molecule has 1 N–H and O–H groups in total. The van der Waals surface area contributed by atoms with Crippen LogP contribution in [0.15, 0.2) is 24.3 Å². The Labute approximate surface area is 84.8 Å². The van der Waals surface area contributed by atoms with Gasteiger partial charge in [-0.1, -0.05) is 18.2 Å². The van der Waals surface area contributed by atoms with E-state index in [-0.39, 0.29) is 6.42 Å². The lowest BCUT2D eigenvalue weighted by Gasteiger charge is -2.09. The number of ether oxygens (including phenoxy) is 1. The third kappa shape index (κ3) is 1.08. The van der Waals surface area contributed by atoms with Crippen molar-refractivity contribution < 1.29 is 14.3 Å². The first kappa shape index (κ1) is 8.23. The molecule has 0 amide bonds. The van der Waals surface area contributed by atoms with E-state index in [0.717, 1.165) is 16.5 Å². The number of H-pyrrole nitrogens is 1. The summed E-state index contributed by atoms with van der Waals surface area (Å²) in [6.07, 6.45) is 0.158. The number of fused-ring (bicyclic) bond motifs is 3. The molecule has 0 fully saturated rings. The molecule has 0 atom stereocenters. The van der Waals surface area contributed by atoms with E-state index in [9.17, 15) is 9.59 Å². The lowest BCUT2D eigenvalue weighted by Crippen LogP contribution is -2.22. The molecule has 0 spiro atoms. The summed E-state index contributed by atoms with van der Waals surface area (Å²) in [7, 11) is 0. The predicted molar refractivity (Wildman–Crippen MR) is 52.4 cm³/mol. The van der Waals surface area contributed by atoms with Crippen molar-refractivity contribution in [2.45, 2.75) is 6.42 Å². The maximum Gasteiger partial charge on any atom is 0.362 e. The van der Waals surface area contributed by atoms with Gasteiger partial charge in [-0.25, -0.2) is 4.79 Å². The van der Waals surface area contributed by atoms with Crippen LogP contribution in [0.4, 0.5) is 0 Å². The Morgan fingerprint density at radius 3 is 2.87 bits per heavy atom. The van der Waals surface area contributed by atoms with Crippen LogP contribution in [0.3, 0.4) is 0 Å². The van der Waals surface area contributed by atoms with Gasteiger partial charge in [0.1, 0.15) is 5.69 Å². The molecule has 0 radical (unpaired) electrons. The molecule has 0 saturated carbocycles. The number of cyclic esters (lactones) is 2. The minimum absolute atomic E-state index is 0.158. The van der Waals surface area contributed by atoms with Crippen LogP contribution in [0, 0.1) is 0 Å². The maximum absolute atomic E-state index is 11.4. The maximum atomic E-state index is 11.4. The van der Waals surface area contributed by atoms with Crippen molar-refractivity contribution in [3.05, 3.63) is 35.5 Å². The Morgan fingerprint density at radius 1 is 1.20 bits per heavy atom. The largest absolute Gasteiger partial charge is 0.388 e. The van der Waals surface area contributed by atoms with Crippen LogP contribution in [0.1, 0.15) is 16.1 Å². The van der Waals surface area contributed by atoms with Gasteiger partial charge in [0, 0.05) is 16.5 Å². The van der Waals surface area contributed by atoms with Gasteiger partial charge in [-0.3, -0.25) is 4.79 Å². The summed E-state index contributed by atoms with van der Waals surface area (Å²) in [6.45, 7) is 0. The Balaban J connectivity index is 2.36. The molecule has 1 aliphatic rings. The fourth-order valence-electron chi connectivity index (χ4n) is 1.89. The number of aromatic nitrogens is 1. The summed E-state index contributed by atoms with van der Waals surface area (Å²) >= 11 is 0. The lowest BCUT2D eigenvalue weighted by molar-refractivity contribution is -0.137. The Bertz CT molecular complexity index is 583. The normalized spacial score (nSPS) is 15.2. The number of rotatable bonds is 0. The smallest absolute Gasteiger partial charge is 0.362 e. The van der Waals surface area contributed by atoms with Gasteiger partial charge in [0.25, 0.3) is 0 Å². The average molecular weight is 201 g/mol. The van der Waals surface area contributed by atoms with E-state index in [1.807, 2.05) is 24.3 Å². The van der Waals surface area contributed by atoms with E-state index >= 15 is 0 Å². The zero-order valence-electron chi connectivity index (χ0n) is 7.74. The number of hydrogen-bond donors (Lipinski definition) is 1. The van der Waals surface area contributed by atoms with Gasteiger partial charge < -0.3 is 9.72 Å². The molecule has 4 nitrogen and oxygen atoms in total. The fraction of sp³-hybridized carbons (Fsp3) is 0.0909. The molecule has 1 aliphatic heterocycles. The summed E-state index contributed by atoms with van der Waals surface area (Å²) in [5, 5.41) is 0.914. The minimum Gasteiger partial charge on any atom is -0.388 e. The van der Waals surface area contributed by atoms with Crippen LogP contribution in [0.2, 0.25) is 0 Å². The predicted octanol–water partition coefficient (Wildman–Crippen LogP) is 1.41. The van der Waals surface area contributed by atoms with Crippen molar-refractivity contribution in [2.75, 3.05) is 0 Å². The van der Waals surface area contributed by atoms with Crippen molar-refractivity contribution >= 4 is 22.8 Å². The molecular weight excluding hydrogens is 194 g/mol. The van der Waals surface area contributed by atoms with Gasteiger partial charge in [-0.2, -0.15) is 0 Å². The van der Waals surface area contributed by atoms with Gasteiger partial charge >= 0.3 is 11.9 Å². The first-order valence-corrected chi connectivity index (χ1v) is 4.60. The monoisotopic (exact) mass is 201 g/mol. The Kier molecular flexibility index (Phi) is 1.48. The van der Waals surface area contributed by atoms with E-state index in [2.05, 4.69) is 9.72 Å². The Morgan fingerprint density at radius 2 is 2.00 bits per heavy atom. The minimum atomic E-state index is -0.586. The van der Waals surface area contributed by atoms with Crippen molar-refractivity contribution in [3.63, 3.8) is 0 Å². The molecule has 3 rings (SSSR count). The first-order valence-electron chi connectivity index (χ1n) is 4.60. The van der Waals surface area contributed by atoms with Crippen LogP contribution in [0.25, 0.3) is 10.9 Å². The number of hydrogen-bond acceptors (Lipinski definition) is 3. The van der Waals surface area contributed by atoms with Crippen molar-refractivity contribution in [1.29, 1.82) is 0 Å². The van der Waals surface area contributed by atoms with Gasteiger partial charge in [0.2, 0.25) is 0 Å². The van der Waals surface area contributed by atoms with Crippen LogP contribution in [0.5, 0.6) is 0 Å². The van der Waals surface area contributed by atoms with Crippen LogP contribution < -0.4 is 0 Å². The first-order chi connectivity index (χ1) is 7.25. The van der Waals surface area contributed by atoms with E-state index in [4.69, 9.17) is 0 Å². The highest BCUT2D eigenvalue weighted by Gasteiger charge is 2.28. The quantitative estimate of drug-likeness (QED) is 0.517. The van der Waals surface area contributed by atoms with E-state index in [1.54, 1.807) is 0 Å². The molecule has 0 saturated heterocycles. The number of benzene rings is 1. The standard InChI is InChI=1S/C11H7NO3/c13-9-5-7-6-3-1-2-4-8(6)12-10(7)11(14)15-9/h1-4,12H,5H2. The number of nitrogens with one attached hydrogen (secondary N) is 1. The summed E-state index contributed by atoms with van der Waals surface area (Å²) < 4.78 is 4.53. The van der Waals surface area contributed by atoms with Gasteiger partial charge in [-0.15, -0.1) is 0 Å². The second kappa shape index (κ2) is 2.70. The zero-order valence-corrected chi connectivity index (χ0v) is 7.74. The number of carbonyl (C=O) groups is 2. The van der Waals surface area contributed by atoms with E-state index in [1.165, 1.54) is 0 Å². The molecule has 1 aromatic heterocycles. The van der Waals surface area contributed by atoms with Crippen LogP contribution in [-0.2, 0) is 16.0 Å². The molecule has 0 aliphatic carbocycles. The number of carbonyl (C=O) groups excluding carboxylic acids is 2. The zero-order chi connectivity index (χ0) is 10.4. The van der Waals surface area contributed by atoms with Gasteiger partial charge in [0.05, 0.1) is 6.42 Å². The Hall–Kier alpha value is -2.10. The van der Waals surface area contributed by atoms with Crippen molar-refractivity contribution in [2.24, 2.45) is 0 Å². The molecular formula is C11H7NO3. The fourth-order valence-corrected chi connectivity index (χ4v) is 1.89. The highest BCUT2D eigenvalue weighted by Crippen LogP contribution is 2.26. The van der Waals surface area contributed by atoms with Crippen molar-refractivity contribution in [1.82, 2.24) is 4.98 Å². The third-order valence-electron chi connectivity index (χ3n) is 2.55. The highest BCUT2D eigenvalue weighted by atomic mass is 16.6. The van der Waals surface area contributed by atoms with E-state index in [0.29, 0.717) is 5.69 Å². The van der Waals surface area contributed by atoms with E-state index < -0.39 is 11.9 Å². The van der Waals surface area contributed by atoms with Gasteiger partial charge in [-0.05, 0) is 6.07 Å². The molecule has 2 heterocycles. The highest BCUT2D eigenvalue weighted by molar-refractivity contribution is 6.07. The summed E-state index contributed by atoms with van der Waals surface area (Å²) in [6, 6.07) is 7.50. The average Bonchev–Trinajstić information content (AvgIpc) is 2.57. The van der Waals surface area contributed by atoms with Crippen LogP contribution in [-0.4, -0.2) is 16.9 Å². The summed E-state index contributed by atoms with van der Waals surface area (Å²) in [4.78, 5) is 25.5. The molecule has 1 aromatic carbocycles. The summed E-state index contributed by atoms with van der Waals surface area (Å²) in [5.41, 5.74) is 2.00. The third-order valence-corrected chi connectivity index (χ3v) is 2.55. The molecule has 74 valence electrons. The molecule has 4 heteroatoms. The second-order valence-electron chi connectivity index (χ2n) is 3.46. The molecule has 0 unspecified atom stereocenters. The summed E-state index contributed by atoms with van der Waals surface area (Å²) in [5.74, 6) is -1.07.